The molecule has 0 radical (unpaired) electrons. The van der Waals surface area contributed by atoms with Crippen LogP contribution in [0, 0.1) is 5.82 Å². The first-order chi connectivity index (χ1) is 7.88. The number of halogens is 1. The Kier molecular flexibility index (Phi) is 4.16. The number of ether oxygens (including phenoxy) is 1. The number of aliphatic hydroxyl groups is 2. The maximum absolute atomic E-state index is 12.9. The molecule has 1 aromatic rings. The molecule has 1 unspecified atom stereocenters. The molecule has 96 valence electrons. The fraction of sp³-hybridized carbons (Fsp3) is 0.556. The van der Waals surface area contributed by atoms with Gasteiger partial charge in [-0.25, -0.2) is 4.79 Å². The monoisotopic (exact) mass is 248 g/mol. The van der Waals surface area contributed by atoms with Crippen molar-refractivity contribution in [1.29, 1.82) is 0 Å². The third-order valence-electron chi connectivity index (χ3n) is 2.37. The molecule has 0 aliphatic rings. The van der Waals surface area contributed by atoms with Gasteiger partial charge in [0.25, 0.3) is 5.56 Å². The zero-order chi connectivity index (χ0) is 13.2. The summed E-state index contributed by atoms with van der Waals surface area (Å²) in [7, 11) is 1.30. The minimum Gasteiger partial charge on any atom is -0.386 e. The van der Waals surface area contributed by atoms with Crippen molar-refractivity contribution in [3.8, 4) is 0 Å². The summed E-state index contributed by atoms with van der Waals surface area (Å²) in [6.45, 7) is 1.46. The number of methoxy groups -OCH3 is 1. The molecular weight excluding hydrogens is 235 g/mol. The summed E-state index contributed by atoms with van der Waals surface area (Å²) >= 11 is 0. The molecular formula is C9H13FN2O5. The quantitative estimate of drug-likeness (QED) is 0.605. The number of aromatic amines is 1. The molecule has 0 fully saturated rings. The Morgan fingerprint density at radius 3 is 2.59 bits per heavy atom. The van der Waals surface area contributed by atoms with Crippen molar-refractivity contribution in [3.05, 3.63) is 32.9 Å². The molecule has 1 rings (SSSR count). The van der Waals surface area contributed by atoms with Crippen LogP contribution in [0.1, 0.15) is 13.2 Å². The van der Waals surface area contributed by atoms with Gasteiger partial charge in [-0.1, -0.05) is 0 Å². The molecule has 0 amide bonds. The predicted molar refractivity (Wildman–Crippen MR) is 55.0 cm³/mol. The van der Waals surface area contributed by atoms with E-state index < -0.39 is 35.5 Å². The topological polar surface area (TPSA) is 105 Å². The van der Waals surface area contributed by atoms with Crippen molar-refractivity contribution in [2.24, 2.45) is 0 Å². The van der Waals surface area contributed by atoms with Gasteiger partial charge in [0.15, 0.2) is 6.23 Å². The summed E-state index contributed by atoms with van der Waals surface area (Å²) in [6.07, 6.45) is -3.41. The summed E-state index contributed by atoms with van der Waals surface area (Å²) in [4.78, 5) is 23.7. The first kappa shape index (κ1) is 13.6. The molecule has 0 aromatic carbocycles. The largest absolute Gasteiger partial charge is 0.386 e. The average molecular weight is 248 g/mol. The fourth-order valence-corrected chi connectivity index (χ4v) is 1.20. The Balaban J connectivity index is 3.12. The van der Waals surface area contributed by atoms with Gasteiger partial charge in [0, 0.05) is 7.11 Å². The van der Waals surface area contributed by atoms with Gasteiger partial charge in [0.05, 0.1) is 12.3 Å². The van der Waals surface area contributed by atoms with E-state index in [1.165, 1.54) is 14.0 Å². The third-order valence-corrected chi connectivity index (χ3v) is 2.37. The normalized spacial score (nSPS) is 16.5. The number of rotatable bonds is 4. The Hall–Kier alpha value is -1.51. The Bertz CT molecular complexity index is 497. The lowest BCUT2D eigenvalue weighted by Crippen LogP contribution is -2.41. The smallest absolute Gasteiger partial charge is 0.330 e. The lowest BCUT2D eigenvalue weighted by atomic mass is 10.2. The predicted octanol–water partition coefficient (Wildman–Crippen LogP) is -1.44. The van der Waals surface area contributed by atoms with E-state index in [9.17, 15) is 24.2 Å². The van der Waals surface area contributed by atoms with Crippen molar-refractivity contribution >= 4 is 0 Å². The average Bonchev–Trinajstić information content (AvgIpc) is 2.31. The van der Waals surface area contributed by atoms with Crippen LogP contribution in [-0.4, -0.2) is 39.1 Å². The van der Waals surface area contributed by atoms with Crippen LogP contribution in [0.15, 0.2) is 15.8 Å². The maximum atomic E-state index is 12.9. The number of hydrogen-bond acceptors (Lipinski definition) is 5. The van der Waals surface area contributed by atoms with Gasteiger partial charge in [-0.05, 0) is 6.92 Å². The standard InChI is InChI=1S/C9H13FN2O5/c1-4(17-2)6(13)8(15)12-3-5(10)7(14)11-9(12)16/h3-4,6,8,13,15H,1-2H3,(H,11,14,16)/t4?,6-,8-/m1/s1. The molecule has 0 saturated carbocycles. The van der Waals surface area contributed by atoms with Gasteiger partial charge in [0.2, 0.25) is 5.82 Å². The van der Waals surface area contributed by atoms with Crippen LogP contribution in [0.25, 0.3) is 0 Å². The van der Waals surface area contributed by atoms with Crippen molar-refractivity contribution in [2.75, 3.05) is 7.11 Å². The van der Waals surface area contributed by atoms with Crippen molar-refractivity contribution in [3.63, 3.8) is 0 Å². The fourth-order valence-electron chi connectivity index (χ4n) is 1.20. The first-order valence-electron chi connectivity index (χ1n) is 4.78. The highest BCUT2D eigenvalue weighted by Crippen LogP contribution is 2.10. The SMILES string of the molecule is COC(C)[C@@H](O)[C@@H](O)n1cc(F)c(=O)[nH]c1=O. The van der Waals surface area contributed by atoms with E-state index in [0.29, 0.717) is 10.8 Å². The highest BCUT2D eigenvalue weighted by Gasteiger charge is 2.25. The minimum atomic E-state index is -1.72. The molecule has 0 bridgehead atoms. The van der Waals surface area contributed by atoms with Gasteiger partial charge in [0.1, 0.15) is 6.10 Å². The number of nitrogens with one attached hydrogen (secondary N) is 1. The second-order valence-corrected chi connectivity index (χ2v) is 3.49. The number of aromatic nitrogens is 2. The molecule has 3 N–H and O–H groups in total. The van der Waals surface area contributed by atoms with Crippen molar-refractivity contribution in [1.82, 2.24) is 9.55 Å². The lowest BCUT2D eigenvalue weighted by molar-refractivity contribution is -0.0988. The second-order valence-electron chi connectivity index (χ2n) is 3.49. The van der Waals surface area contributed by atoms with E-state index >= 15 is 0 Å². The lowest BCUT2D eigenvalue weighted by Gasteiger charge is -2.23. The summed E-state index contributed by atoms with van der Waals surface area (Å²) < 4.78 is 18.2. The van der Waals surface area contributed by atoms with Gasteiger partial charge in [-0.3, -0.25) is 14.3 Å². The number of H-pyrrole nitrogens is 1. The van der Waals surface area contributed by atoms with Crippen LogP contribution in [0.5, 0.6) is 0 Å². The molecule has 0 aliphatic carbocycles. The first-order valence-corrected chi connectivity index (χ1v) is 4.78. The van der Waals surface area contributed by atoms with Crippen LogP contribution in [0.2, 0.25) is 0 Å². The van der Waals surface area contributed by atoms with Crippen LogP contribution in [0.4, 0.5) is 4.39 Å². The van der Waals surface area contributed by atoms with Crippen molar-refractivity contribution in [2.45, 2.75) is 25.4 Å². The maximum Gasteiger partial charge on any atom is 0.330 e. The summed E-state index contributed by atoms with van der Waals surface area (Å²) in [5, 5.41) is 19.2. The molecule has 0 aliphatic heterocycles. The molecule has 17 heavy (non-hydrogen) atoms. The number of nitrogens with zero attached hydrogens (tertiary/aromatic N) is 1. The molecule has 1 aromatic heterocycles. The highest BCUT2D eigenvalue weighted by molar-refractivity contribution is 4.89. The molecule has 1 heterocycles. The Morgan fingerprint density at radius 1 is 1.47 bits per heavy atom. The summed E-state index contributed by atoms with van der Waals surface area (Å²) in [6, 6.07) is 0. The zero-order valence-corrected chi connectivity index (χ0v) is 9.25. The van der Waals surface area contributed by atoms with E-state index in [2.05, 4.69) is 0 Å². The minimum absolute atomic E-state index is 0.483. The van der Waals surface area contributed by atoms with Crippen LogP contribution >= 0.6 is 0 Å². The zero-order valence-electron chi connectivity index (χ0n) is 9.25. The van der Waals surface area contributed by atoms with Gasteiger partial charge >= 0.3 is 5.69 Å². The molecule has 0 spiro atoms. The van der Waals surface area contributed by atoms with E-state index in [1.807, 2.05) is 0 Å². The van der Waals surface area contributed by atoms with Gasteiger partial charge < -0.3 is 14.9 Å². The van der Waals surface area contributed by atoms with E-state index in [-0.39, 0.29) is 0 Å². The molecule has 8 heteroatoms. The number of hydrogen-bond donors (Lipinski definition) is 3. The molecule has 3 atom stereocenters. The van der Waals surface area contributed by atoms with Crippen LogP contribution < -0.4 is 11.2 Å². The van der Waals surface area contributed by atoms with Gasteiger partial charge in [-0.2, -0.15) is 4.39 Å². The Morgan fingerprint density at radius 2 is 2.06 bits per heavy atom. The van der Waals surface area contributed by atoms with Crippen molar-refractivity contribution < 1.29 is 19.3 Å². The van der Waals surface area contributed by atoms with E-state index in [1.54, 1.807) is 4.98 Å². The van der Waals surface area contributed by atoms with E-state index in [0.717, 1.165) is 0 Å². The van der Waals surface area contributed by atoms with E-state index in [4.69, 9.17) is 4.74 Å². The second kappa shape index (κ2) is 5.21. The summed E-state index contributed by atoms with van der Waals surface area (Å²) in [5.74, 6) is -1.24. The molecule has 7 nitrogen and oxygen atoms in total. The summed E-state index contributed by atoms with van der Waals surface area (Å²) in [5.41, 5.74) is -2.21. The number of aliphatic hydroxyl groups excluding tert-OH is 2. The van der Waals surface area contributed by atoms with Gasteiger partial charge in [-0.15, -0.1) is 0 Å². The third kappa shape index (κ3) is 2.78. The van der Waals surface area contributed by atoms with Crippen LogP contribution in [-0.2, 0) is 4.74 Å². The molecule has 0 saturated heterocycles. The van der Waals surface area contributed by atoms with Crippen LogP contribution in [0.3, 0.4) is 0 Å². The highest BCUT2D eigenvalue weighted by atomic mass is 19.1. The Labute approximate surface area is 95.1 Å².